The summed E-state index contributed by atoms with van der Waals surface area (Å²) in [6.07, 6.45) is 0. The van der Waals surface area contributed by atoms with Crippen LogP contribution < -0.4 is 10.5 Å². The molecule has 0 aliphatic rings. The van der Waals surface area contributed by atoms with Crippen LogP contribution in [0.1, 0.15) is 29.7 Å². The van der Waals surface area contributed by atoms with Crippen LogP contribution in [0.25, 0.3) is 0 Å². The van der Waals surface area contributed by atoms with Crippen molar-refractivity contribution in [1.82, 2.24) is 0 Å². The molecule has 5 nitrogen and oxygen atoms in total. The number of non-ortho nitro benzene ring substituents is 1. The van der Waals surface area contributed by atoms with Gasteiger partial charge in [0.2, 0.25) is 0 Å². The van der Waals surface area contributed by atoms with Crippen LogP contribution in [0.5, 0.6) is 5.75 Å². The molecule has 1 atom stereocenters. The molecule has 0 amide bonds. The molecule has 0 radical (unpaired) electrons. The summed E-state index contributed by atoms with van der Waals surface area (Å²) < 4.78 is 5.79. The lowest BCUT2D eigenvalue weighted by molar-refractivity contribution is -0.384. The fourth-order valence-electron chi connectivity index (χ4n) is 2.03. The number of nitro groups is 1. The Balaban J connectivity index is 2.11. The number of benzene rings is 2. The Morgan fingerprint density at radius 1 is 1.24 bits per heavy atom. The van der Waals surface area contributed by atoms with Gasteiger partial charge in [-0.3, -0.25) is 10.1 Å². The quantitative estimate of drug-likeness (QED) is 0.674. The summed E-state index contributed by atoms with van der Waals surface area (Å²) in [5.41, 5.74) is 8.98. The highest BCUT2D eigenvalue weighted by Crippen LogP contribution is 2.26. The van der Waals surface area contributed by atoms with Crippen molar-refractivity contribution >= 4 is 5.69 Å². The Labute approximate surface area is 123 Å². The van der Waals surface area contributed by atoms with E-state index in [1.165, 1.54) is 12.1 Å². The number of hydrogen-bond donors (Lipinski definition) is 1. The van der Waals surface area contributed by atoms with Crippen molar-refractivity contribution in [2.24, 2.45) is 5.73 Å². The normalized spacial score (nSPS) is 12.0. The van der Waals surface area contributed by atoms with E-state index in [9.17, 15) is 10.1 Å². The third kappa shape index (κ3) is 3.79. The highest BCUT2D eigenvalue weighted by atomic mass is 16.6. The zero-order chi connectivity index (χ0) is 15.4. The molecule has 0 saturated heterocycles. The van der Waals surface area contributed by atoms with Crippen LogP contribution in [0.15, 0.2) is 42.5 Å². The smallest absolute Gasteiger partial charge is 0.269 e. The number of hydrogen-bond acceptors (Lipinski definition) is 4. The Morgan fingerprint density at radius 2 is 1.90 bits per heavy atom. The molecule has 2 aromatic rings. The monoisotopic (exact) mass is 286 g/mol. The van der Waals surface area contributed by atoms with Crippen molar-refractivity contribution < 1.29 is 9.66 Å². The predicted molar refractivity (Wildman–Crippen MR) is 81.2 cm³/mol. The maximum Gasteiger partial charge on any atom is 0.269 e. The van der Waals surface area contributed by atoms with Crippen LogP contribution in [0.3, 0.4) is 0 Å². The summed E-state index contributed by atoms with van der Waals surface area (Å²) in [5, 5.41) is 10.6. The van der Waals surface area contributed by atoms with Crippen molar-refractivity contribution in [2.75, 3.05) is 0 Å². The number of nitrogens with two attached hydrogens (primary N) is 1. The molecule has 0 aromatic heterocycles. The van der Waals surface area contributed by atoms with Gasteiger partial charge in [-0.05, 0) is 37.6 Å². The molecular formula is C16H18N2O3. The van der Waals surface area contributed by atoms with E-state index in [2.05, 4.69) is 0 Å². The number of rotatable bonds is 5. The van der Waals surface area contributed by atoms with E-state index >= 15 is 0 Å². The van der Waals surface area contributed by atoms with Gasteiger partial charge in [-0.1, -0.05) is 17.7 Å². The van der Waals surface area contributed by atoms with E-state index in [4.69, 9.17) is 10.5 Å². The van der Waals surface area contributed by atoms with E-state index in [1.54, 1.807) is 12.1 Å². The molecule has 2 rings (SSSR count). The van der Waals surface area contributed by atoms with Crippen LogP contribution in [0, 0.1) is 17.0 Å². The van der Waals surface area contributed by atoms with E-state index in [-0.39, 0.29) is 11.7 Å². The molecule has 110 valence electrons. The van der Waals surface area contributed by atoms with Crippen molar-refractivity contribution in [2.45, 2.75) is 26.5 Å². The summed E-state index contributed by atoms with van der Waals surface area (Å²) in [7, 11) is 0. The van der Waals surface area contributed by atoms with Crippen LogP contribution in [-0.2, 0) is 6.61 Å². The molecule has 0 heterocycles. The topological polar surface area (TPSA) is 78.4 Å². The van der Waals surface area contributed by atoms with Gasteiger partial charge in [0.15, 0.2) is 0 Å². The van der Waals surface area contributed by atoms with Gasteiger partial charge in [0.05, 0.1) is 4.92 Å². The Kier molecular flexibility index (Phi) is 4.55. The summed E-state index contributed by atoms with van der Waals surface area (Å²) in [6.45, 7) is 4.26. The Hall–Kier alpha value is -2.40. The molecule has 21 heavy (non-hydrogen) atoms. The first-order chi connectivity index (χ1) is 9.97. The molecule has 0 aliphatic carbocycles. The van der Waals surface area contributed by atoms with Crippen LogP contribution in [0.2, 0.25) is 0 Å². The second-order valence-corrected chi connectivity index (χ2v) is 5.04. The largest absolute Gasteiger partial charge is 0.489 e. The molecular weight excluding hydrogens is 268 g/mol. The highest BCUT2D eigenvalue weighted by molar-refractivity contribution is 5.39. The molecule has 0 unspecified atom stereocenters. The zero-order valence-corrected chi connectivity index (χ0v) is 12.1. The fraction of sp³-hybridized carbons (Fsp3) is 0.250. The Bertz CT molecular complexity index is 636. The second-order valence-electron chi connectivity index (χ2n) is 5.04. The van der Waals surface area contributed by atoms with Gasteiger partial charge in [-0.15, -0.1) is 0 Å². The van der Waals surface area contributed by atoms with E-state index in [0.717, 1.165) is 22.4 Å². The van der Waals surface area contributed by atoms with Gasteiger partial charge < -0.3 is 10.5 Å². The van der Waals surface area contributed by atoms with Gasteiger partial charge >= 0.3 is 0 Å². The average Bonchev–Trinajstić information content (AvgIpc) is 2.46. The average molecular weight is 286 g/mol. The number of nitrogens with zero attached hydrogens (tertiary/aromatic N) is 1. The summed E-state index contributed by atoms with van der Waals surface area (Å²) in [5.74, 6) is 0.744. The summed E-state index contributed by atoms with van der Waals surface area (Å²) in [6, 6.07) is 12.1. The van der Waals surface area contributed by atoms with Gasteiger partial charge in [0.1, 0.15) is 12.4 Å². The highest BCUT2D eigenvalue weighted by Gasteiger charge is 2.09. The lowest BCUT2D eigenvalue weighted by Gasteiger charge is -2.15. The number of nitro benzene ring substituents is 1. The van der Waals surface area contributed by atoms with Crippen LogP contribution >= 0.6 is 0 Å². The maximum absolute atomic E-state index is 10.6. The van der Waals surface area contributed by atoms with E-state index in [0.29, 0.717) is 6.61 Å². The van der Waals surface area contributed by atoms with Crippen LogP contribution in [0.4, 0.5) is 5.69 Å². The number of aryl methyl sites for hydroxylation is 1. The lowest BCUT2D eigenvalue weighted by atomic mass is 10.1. The first kappa shape index (κ1) is 15.0. The fourth-order valence-corrected chi connectivity index (χ4v) is 2.03. The molecule has 0 aliphatic heterocycles. The second kappa shape index (κ2) is 6.37. The Morgan fingerprint density at radius 3 is 2.48 bits per heavy atom. The van der Waals surface area contributed by atoms with E-state index < -0.39 is 4.92 Å². The van der Waals surface area contributed by atoms with Crippen molar-refractivity contribution in [3.8, 4) is 5.75 Å². The van der Waals surface area contributed by atoms with Gasteiger partial charge in [0.25, 0.3) is 5.69 Å². The minimum atomic E-state index is -0.418. The standard InChI is InChI=1S/C16H18N2O3/c1-11-3-8-16(15(9-11)12(2)17)21-10-13-4-6-14(7-5-13)18(19)20/h3-9,12H,10,17H2,1-2H3/t12-/m1/s1. The first-order valence-electron chi connectivity index (χ1n) is 6.69. The third-order valence-corrected chi connectivity index (χ3v) is 3.20. The minimum absolute atomic E-state index is 0.0744. The first-order valence-corrected chi connectivity index (χ1v) is 6.69. The molecule has 0 fully saturated rings. The SMILES string of the molecule is Cc1ccc(OCc2ccc([N+](=O)[O-])cc2)c([C@@H](C)N)c1. The molecule has 0 spiro atoms. The summed E-state index contributed by atoms with van der Waals surface area (Å²) in [4.78, 5) is 10.2. The molecule has 2 N–H and O–H groups in total. The van der Waals surface area contributed by atoms with Gasteiger partial charge in [0, 0.05) is 23.7 Å². The van der Waals surface area contributed by atoms with Gasteiger partial charge in [-0.2, -0.15) is 0 Å². The van der Waals surface area contributed by atoms with Crippen molar-refractivity contribution in [3.63, 3.8) is 0 Å². The minimum Gasteiger partial charge on any atom is -0.489 e. The van der Waals surface area contributed by atoms with Crippen LogP contribution in [-0.4, -0.2) is 4.92 Å². The van der Waals surface area contributed by atoms with Crippen molar-refractivity contribution in [1.29, 1.82) is 0 Å². The maximum atomic E-state index is 10.6. The molecule has 0 bridgehead atoms. The lowest BCUT2D eigenvalue weighted by Crippen LogP contribution is -2.08. The van der Waals surface area contributed by atoms with Gasteiger partial charge in [-0.25, -0.2) is 0 Å². The zero-order valence-electron chi connectivity index (χ0n) is 12.1. The third-order valence-electron chi connectivity index (χ3n) is 3.20. The van der Waals surface area contributed by atoms with Crippen molar-refractivity contribution in [3.05, 3.63) is 69.3 Å². The molecule has 5 heteroatoms. The number of ether oxygens (including phenoxy) is 1. The summed E-state index contributed by atoms with van der Waals surface area (Å²) >= 11 is 0. The molecule has 2 aromatic carbocycles. The van der Waals surface area contributed by atoms with E-state index in [1.807, 2.05) is 32.0 Å². The predicted octanol–water partition coefficient (Wildman–Crippen LogP) is 3.50. The molecule has 0 saturated carbocycles.